The lowest BCUT2D eigenvalue weighted by molar-refractivity contribution is -0.120. The number of benzene rings is 1. The topological polar surface area (TPSA) is 76.7 Å². The lowest BCUT2D eigenvalue weighted by atomic mass is 10.1. The maximum absolute atomic E-state index is 11.9. The molecule has 120 valence electrons. The third kappa shape index (κ3) is 5.47. The summed E-state index contributed by atoms with van der Waals surface area (Å²) < 4.78 is 10.4. The van der Waals surface area contributed by atoms with E-state index in [1.165, 1.54) is 6.92 Å². The minimum Gasteiger partial charge on any atom is -0.493 e. The number of hydrogen-bond donors (Lipinski definition) is 2. The summed E-state index contributed by atoms with van der Waals surface area (Å²) in [6.07, 6.45) is 1.76. The molecule has 0 aliphatic carbocycles. The van der Waals surface area contributed by atoms with E-state index in [2.05, 4.69) is 10.6 Å². The summed E-state index contributed by atoms with van der Waals surface area (Å²) in [5.74, 6) is 0.944. The van der Waals surface area contributed by atoms with Crippen LogP contribution in [0.15, 0.2) is 23.8 Å². The highest BCUT2D eigenvalue weighted by molar-refractivity contribution is 5.97. The highest BCUT2D eigenvalue weighted by Crippen LogP contribution is 2.28. The van der Waals surface area contributed by atoms with E-state index < -0.39 is 0 Å². The molecule has 0 spiro atoms. The highest BCUT2D eigenvalue weighted by atomic mass is 16.5. The van der Waals surface area contributed by atoms with E-state index in [1.807, 2.05) is 6.07 Å². The Morgan fingerprint density at radius 1 is 1.05 bits per heavy atom. The third-order valence-corrected chi connectivity index (χ3v) is 2.93. The molecule has 2 amide bonds. The molecule has 0 saturated heterocycles. The van der Waals surface area contributed by atoms with Gasteiger partial charge in [-0.05, 0) is 30.7 Å². The zero-order valence-corrected chi connectivity index (χ0v) is 13.4. The predicted molar refractivity (Wildman–Crippen MR) is 84.9 cm³/mol. The Hall–Kier alpha value is -2.50. The minimum atomic E-state index is -0.180. The second-order valence-corrected chi connectivity index (χ2v) is 4.68. The molecule has 1 aromatic rings. The molecule has 0 aromatic heterocycles. The molecule has 0 fully saturated rings. The van der Waals surface area contributed by atoms with Crippen molar-refractivity contribution in [2.45, 2.75) is 13.8 Å². The number of amides is 2. The van der Waals surface area contributed by atoms with Gasteiger partial charge in [0.05, 0.1) is 14.2 Å². The van der Waals surface area contributed by atoms with Crippen molar-refractivity contribution in [1.29, 1.82) is 0 Å². The van der Waals surface area contributed by atoms with E-state index in [1.54, 1.807) is 39.4 Å². The van der Waals surface area contributed by atoms with Crippen LogP contribution in [-0.2, 0) is 9.59 Å². The average Bonchev–Trinajstić information content (AvgIpc) is 2.50. The summed E-state index contributed by atoms with van der Waals surface area (Å²) in [6.45, 7) is 3.95. The van der Waals surface area contributed by atoms with Crippen LogP contribution in [0.4, 0.5) is 0 Å². The first-order valence-electron chi connectivity index (χ1n) is 6.91. The molecule has 2 N–H and O–H groups in total. The SMILES string of the molecule is COc1ccc(/C=C(\C)C(=O)NCCNC(C)=O)cc1OC. The standard InChI is InChI=1S/C16H22N2O4/c1-11(16(20)18-8-7-17-12(2)19)9-13-5-6-14(21-3)15(10-13)22-4/h5-6,9-10H,7-8H2,1-4H3,(H,17,19)(H,18,20)/b11-9+. The van der Waals surface area contributed by atoms with Crippen LogP contribution in [-0.4, -0.2) is 39.1 Å². The molecule has 0 aliphatic heterocycles. The van der Waals surface area contributed by atoms with Gasteiger partial charge in [0.15, 0.2) is 11.5 Å². The van der Waals surface area contributed by atoms with E-state index in [0.29, 0.717) is 30.2 Å². The number of methoxy groups -OCH3 is 2. The average molecular weight is 306 g/mol. The molecule has 0 heterocycles. The maximum Gasteiger partial charge on any atom is 0.246 e. The number of rotatable bonds is 7. The third-order valence-electron chi connectivity index (χ3n) is 2.93. The predicted octanol–water partition coefficient (Wildman–Crippen LogP) is 1.36. The van der Waals surface area contributed by atoms with Gasteiger partial charge in [-0.1, -0.05) is 6.07 Å². The van der Waals surface area contributed by atoms with Crippen LogP contribution in [0.2, 0.25) is 0 Å². The molecule has 6 heteroatoms. The van der Waals surface area contributed by atoms with Gasteiger partial charge < -0.3 is 20.1 Å². The number of nitrogens with one attached hydrogen (secondary N) is 2. The molecule has 22 heavy (non-hydrogen) atoms. The molecule has 0 atom stereocenters. The first kappa shape index (κ1) is 17.6. The Kier molecular flexibility index (Phi) is 6.95. The van der Waals surface area contributed by atoms with Gasteiger partial charge in [-0.25, -0.2) is 0 Å². The van der Waals surface area contributed by atoms with Gasteiger partial charge in [-0.3, -0.25) is 9.59 Å². The molecule has 6 nitrogen and oxygen atoms in total. The lowest BCUT2D eigenvalue weighted by Gasteiger charge is -2.09. The molecular formula is C16H22N2O4. The van der Waals surface area contributed by atoms with Crippen molar-refractivity contribution in [3.05, 3.63) is 29.3 Å². The molecule has 0 bridgehead atoms. The van der Waals surface area contributed by atoms with Gasteiger partial charge in [0.2, 0.25) is 11.8 Å². The first-order valence-corrected chi connectivity index (χ1v) is 6.91. The van der Waals surface area contributed by atoms with Gasteiger partial charge in [0.1, 0.15) is 0 Å². The largest absolute Gasteiger partial charge is 0.493 e. The minimum absolute atomic E-state index is 0.119. The summed E-state index contributed by atoms with van der Waals surface area (Å²) in [5.41, 5.74) is 1.40. The fourth-order valence-electron chi connectivity index (χ4n) is 1.81. The van der Waals surface area contributed by atoms with E-state index >= 15 is 0 Å². The van der Waals surface area contributed by atoms with Crippen molar-refractivity contribution < 1.29 is 19.1 Å². The fraction of sp³-hybridized carbons (Fsp3) is 0.375. The fourth-order valence-corrected chi connectivity index (χ4v) is 1.81. The Morgan fingerprint density at radius 2 is 1.68 bits per heavy atom. The Morgan fingerprint density at radius 3 is 2.27 bits per heavy atom. The second-order valence-electron chi connectivity index (χ2n) is 4.68. The summed E-state index contributed by atoms with van der Waals surface area (Å²) in [6, 6.07) is 5.43. The number of carbonyl (C=O) groups excluding carboxylic acids is 2. The Bertz CT molecular complexity index is 567. The van der Waals surface area contributed by atoms with Gasteiger partial charge in [0, 0.05) is 25.6 Å². The molecular weight excluding hydrogens is 284 g/mol. The molecule has 0 unspecified atom stereocenters. The Labute approximate surface area is 130 Å². The monoisotopic (exact) mass is 306 g/mol. The highest BCUT2D eigenvalue weighted by Gasteiger charge is 2.06. The van der Waals surface area contributed by atoms with Crippen LogP contribution in [0.25, 0.3) is 6.08 Å². The summed E-state index contributed by atoms with van der Waals surface area (Å²) in [5, 5.41) is 5.35. The number of carbonyl (C=O) groups is 2. The smallest absolute Gasteiger partial charge is 0.246 e. The quantitative estimate of drug-likeness (QED) is 0.589. The van der Waals surface area contributed by atoms with Gasteiger partial charge in [0.25, 0.3) is 0 Å². The molecule has 1 aromatic carbocycles. The van der Waals surface area contributed by atoms with Crippen molar-refractivity contribution in [2.24, 2.45) is 0 Å². The molecule has 0 aliphatic rings. The maximum atomic E-state index is 11.9. The van der Waals surface area contributed by atoms with Crippen LogP contribution < -0.4 is 20.1 Å². The first-order chi connectivity index (χ1) is 10.5. The summed E-state index contributed by atoms with van der Waals surface area (Å²) in [4.78, 5) is 22.6. The zero-order chi connectivity index (χ0) is 16.5. The van der Waals surface area contributed by atoms with Crippen LogP contribution in [0.1, 0.15) is 19.4 Å². The van der Waals surface area contributed by atoms with E-state index in [-0.39, 0.29) is 11.8 Å². The van der Waals surface area contributed by atoms with Crippen molar-refractivity contribution in [3.63, 3.8) is 0 Å². The molecule has 0 saturated carbocycles. The van der Waals surface area contributed by atoms with E-state index in [0.717, 1.165) is 5.56 Å². The number of ether oxygens (including phenoxy) is 2. The van der Waals surface area contributed by atoms with Gasteiger partial charge >= 0.3 is 0 Å². The van der Waals surface area contributed by atoms with Crippen molar-refractivity contribution in [3.8, 4) is 11.5 Å². The van der Waals surface area contributed by atoms with E-state index in [9.17, 15) is 9.59 Å². The number of hydrogen-bond acceptors (Lipinski definition) is 4. The van der Waals surface area contributed by atoms with Crippen molar-refractivity contribution in [2.75, 3.05) is 27.3 Å². The Balaban J connectivity index is 2.67. The second kappa shape index (κ2) is 8.71. The van der Waals surface area contributed by atoms with Gasteiger partial charge in [-0.15, -0.1) is 0 Å². The van der Waals surface area contributed by atoms with E-state index in [4.69, 9.17) is 9.47 Å². The van der Waals surface area contributed by atoms with Crippen LogP contribution in [0.5, 0.6) is 11.5 Å². The molecule has 1 rings (SSSR count). The summed E-state index contributed by atoms with van der Waals surface area (Å²) >= 11 is 0. The van der Waals surface area contributed by atoms with Crippen LogP contribution >= 0.6 is 0 Å². The molecule has 0 radical (unpaired) electrons. The zero-order valence-electron chi connectivity index (χ0n) is 13.4. The van der Waals surface area contributed by atoms with Crippen molar-refractivity contribution >= 4 is 17.9 Å². The van der Waals surface area contributed by atoms with Gasteiger partial charge in [-0.2, -0.15) is 0 Å². The normalized spacial score (nSPS) is 10.8. The summed E-state index contributed by atoms with van der Waals surface area (Å²) in [7, 11) is 3.13. The van der Waals surface area contributed by atoms with Crippen LogP contribution in [0, 0.1) is 0 Å². The van der Waals surface area contributed by atoms with Crippen molar-refractivity contribution in [1.82, 2.24) is 10.6 Å². The lowest BCUT2D eigenvalue weighted by Crippen LogP contribution is -2.33. The van der Waals surface area contributed by atoms with Crippen LogP contribution in [0.3, 0.4) is 0 Å².